The van der Waals surface area contributed by atoms with Crippen LogP contribution in [-0.4, -0.2) is 35.6 Å². The number of likely N-dealkylation sites (tertiary alicyclic amines) is 1. The molecule has 0 radical (unpaired) electrons. The molecule has 0 aliphatic carbocycles. The summed E-state index contributed by atoms with van der Waals surface area (Å²) >= 11 is 0. The fraction of sp³-hybridized carbons (Fsp3) is 0.929. The third-order valence-electron chi connectivity index (χ3n) is 4.52. The second kappa shape index (κ2) is 4.97. The lowest BCUT2D eigenvalue weighted by Gasteiger charge is -2.49. The molecule has 100 valence electrons. The van der Waals surface area contributed by atoms with Gasteiger partial charge in [-0.25, -0.2) is 0 Å². The van der Waals surface area contributed by atoms with E-state index in [0.29, 0.717) is 17.9 Å². The molecule has 0 aromatic carbocycles. The van der Waals surface area contributed by atoms with Crippen molar-refractivity contribution in [2.45, 2.75) is 47.5 Å². The van der Waals surface area contributed by atoms with Gasteiger partial charge in [0.2, 0.25) is 0 Å². The lowest BCUT2D eigenvalue weighted by atomic mass is 9.74. The molecule has 3 heteroatoms. The molecule has 0 aromatic rings. The van der Waals surface area contributed by atoms with Crippen LogP contribution in [0.2, 0.25) is 0 Å². The van der Waals surface area contributed by atoms with E-state index in [-0.39, 0.29) is 0 Å². The van der Waals surface area contributed by atoms with Crippen LogP contribution in [0.1, 0.15) is 47.5 Å². The molecule has 1 rings (SSSR count). The Hall–Kier alpha value is -0.570. The van der Waals surface area contributed by atoms with E-state index in [4.69, 9.17) is 0 Å². The van der Waals surface area contributed by atoms with Gasteiger partial charge in [0.25, 0.3) is 0 Å². The van der Waals surface area contributed by atoms with Crippen LogP contribution in [0, 0.1) is 16.7 Å². The third kappa shape index (κ3) is 3.01. The topological polar surface area (TPSA) is 40.5 Å². The van der Waals surface area contributed by atoms with Crippen LogP contribution in [0.25, 0.3) is 0 Å². The monoisotopic (exact) mass is 241 g/mol. The van der Waals surface area contributed by atoms with Crippen molar-refractivity contribution in [1.29, 1.82) is 0 Å². The van der Waals surface area contributed by atoms with Crippen molar-refractivity contribution in [1.82, 2.24) is 4.90 Å². The first-order valence-corrected chi connectivity index (χ1v) is 6.71. The molecule has 0 atom stereocenters. The standard InChI is InChI=1S/C14H27NO2/c1-6-14(7-2,12(16)17)10-15-8-11(9-15)13(3,4)5/h11H,6-10H2,1-5H3,(H,16,17). The highest BCUT2D eigenvalue weighted by Gasteiger charge is 2.42. The second-order valence-electron chi connectivity index (χ2n) is 6.55. The molecule has 0 unspecified atom stereocenters. The van der Waals surface area contributed by atoms with E-state index in [1.165, 1.54) is 0 Å². The van der Waals surface area contributed by atoms with Crippen LogP contribution in [0.3, 0.4) is 0 Å². The number of aliphatic carboxylic acids is 1. The van der Waals surface area contributed by atoms with Crippen molar-refractivity contribution in [2.75, 3.05) is 19.6 Å². The Morgan fingerprint density at radius 1 is 1.24 bits per heavy atom. The fourth-order valence-corrected chi connectivity index (χ4v) is 2.52. The minimum atomic E-state index is -0.637. The average Bonchev–Trinajstić information content (AvgIpc) is 2.14. The van der Waals surface area contributed by atoms with Crippen LogP contribution in [0.15, 0.2) is 0 Å². The number of rotatable bonds is 5. The molecule has 0 aromatic heterocycles. The van der Waals surface area contributed by atoms with Gasteiger partial charge in [-0.3, -0.25) is 4.79 Å². The van der Waals surface area contributed by atoms with Crippen LogP contribution in [-0.2, 0) is 4.79 Å². The SMILES string of the molecule is CCC(CC)(CN1CC(C(C)(C)C)C1)C(=O)O. The maximum atomic E-state index is 11.4. The summed E-state index contributed by atoms with van der Waals surface area (Å²) in [5.41, 5.74) is -0.191. The Balaban J connectivity index is 2.54. The first-order valence-electron chi connectivity index (χ1n) is 6.71. The van der Waals surface area contributed by atoms with Gasteiger partial charge in [0.1, 0.15) is 0 Å². The largest absolute Gasteiger partial charge is 0.481 e. The van der Waals surface area contributed by atoms with Gasteiger partial charge in [-0.15, -0.1) is 0 Å². The molecule has 1 aliphatic rings. The minimum absolute atomic E-state index is 0.348. The molecule has 0 spiro atoms. The molecule has 0 amide bonds. The van der Waals surface area contributed by atoms with Gasteiger partial charge in [-0.05, 0) is 24.2 Å². The van der Waals surface area contributed by atoms with Gasteiger partial charge in [-0.2, -0.15) is 0 Å². The van der Waals surface area contributed by atoms with Crippen molar-refractivity contribution in [3.63, 3.8) is 0 Å². The van der Waals surface area contributed by atoms with E-state index < -0.39 is 11.4 Å². The first-order chi connectivity index (χ1) is 7.75. The Labute approximate surface area is 105 Å². The predicted octanol–water partition coefficient (Wildman–Crippen LogP) is 2.86. The van der Waals surface area contributed by atoms with Crippen molar-refractivity contribution in [3.8, 4) is 0 Å². The van der Waals surface area contributed by atoms with Crippen molar-refractivity contribution in [2.24, 2.45) is 16.7 Å². The molecule has 0 saturated carbocycles. The van der Waals surface area contributed by atoms with E-state index in [1.54, 1.807) is 0 Å². The first kappa shape index (κ1) is 14.5. The molecule has 1 saturated heterocycles. The van der Waals surface area contributed by atoms with Crippen LogP contribution in [0.5, 0.6) is 0 Å². The second-order valence-corrected chi connectivity index (χ2v) is 6.55. The predicted molar refractivity (Wildman–Crippen MR) is 70.0 cm³/mol. The summed E-state index contributed by atoms with van der Waals surface area (Å²) in [6.07, 6.45) is 1.44. The van der Waals surface area contributed by atoms with Gasteiger partial charge in [0.05, 0.1) is 5.41 Å². The summed E-state index contributed by atoms with van der Waals surface area (Å²) in [7, 11) is 0. The highest BCUT2D eigenvalue weighted by molar-refractivity contribution is 5.74. The molecule has 0 bridgehead atoms. The van der Waals surface area contributed by atoms with E-state index >= 15 is 0 Å². The van der Waals surface area contributed by atoms with E-state index in [0.717, 1.165) is 25.9 Å². The summed E-state index contributed by atoms with van der Waals surface area (Å²) in [4.78, 5) is 13.7. The Morgan fingerprint density at radius 3 is 2.00 bits per heavy atom. The van der Waals surface area contributed by atoms with Gasteiger partial charge >= 0.3 is 5.97 Å². The number of carbonyl (C=O) groups is 1. The molecular formula is C14H27NO2. The molecular weight excluding hydrogens is 214 g/mol. The Kier molecular flexibility index (Phi) is 4.23. The fourth-order valence-electron chi connectivity index (χ4n) is 2.52. The van der Waals surface area contributed by atoms with E-state index in [1.807, 2.05) is 13.8 Å². The summed E-state index contributed by atoms with van der Waals surface area (Å²) < 4.78 is 0. The zero-order chi connectivity index (χ0) is 13.3. The number of carboxylic acid groups (broad SMARTS) is 1. The summed E-state index contributed by atoms with van der Waals surface area (Å²) in [5, 5.41) is 9.39. The number of nitrogens with zero attached hydrogens (tertiary/aromatic N) is 1. The highest BCUT2D eigenvalue weighted by Crippen LogP contribution is 2.37. The molecule has 3 nitrogen and oxygen atoms in total. The lowest BCUT2D eigenvalue weighted by molar-refractivity contribution is -0.152. The quantitative estimate of drug-likeness (QED) is 0.804. The maximum absolute atomic E-state index is 11.4. The normalized spacial score (nSPS) is 19.1. The highest BCUT2D eigenvalue weighted by atomic mass is 16.4. The smallest absolute Gasteiger partial charge is 0.310 e. The van der Waals surface area contributed by atoms with Gasteiger partial charge in [0, 0.05) is 19.6 Å². The maximum Gasteiger partial charge on any atom is 0.310 e. The summed E-state index contributed by atoms with van der Waals surface area (Å²) in [5.74, 6) is 0.0735. The van der Waals surface area contributed by atoms with E-state index in [9.17, 15) is 9.90 Å². The van der Waals surface area contributed by atoms with Gasteiger partial charge in [0.15, 0.2) is 0 Å². The molecule has 17 heavy (non-hydrogen) atoms. The molecule has 1 fully saturated rings. The van der Waals surface area contributed by atoms with Crippen molar-refractivity contribution < 1.29 is 9.90 Å². The van der Waals surface area contributed by atoms with Crippen LogP contribution >= 0.6 is 0 Å². The van der Waals surface area contributed by atoms with Crippen LogP contribution in [0.4, 0.5) is 0 Å². The van der Waals surface area contributed by atoms with E-state index in [2.05, 4.69) is 25.7 Å². The molecule has 1 heterocycles. The average molecular weight is 241 g/mol. The number of hydrogen-bond acceptors (Lipinski definition) is 2. The van der Waals surface area contributed by atoms with Crippen molar-refractivity contribution in [3.05, 3.63) is 0 Å². The van der Waals surface area contributed by atoms with Gasteiger partial charge in [-0.1, -0.05) is 34.6 Å². The number of carboxylic acids is 1. The lowest BCUT2D eigenvalue weighted by Crippen LogP contribution is -2.56. The molecule has 1 aliphatic heterocycles. The Bertz CT molecular complexity index is 270. The zero-order valence-corrected chi connectivity index (χ0v) is 11.9. The Morgan fingerprint density at radius 2 is 1.71 bits per heavy atom. The zero-order valence-electron chi connectivity index (χ0n) is 11.9. The summed E-state index contributed by atoms with van der Waals surface area (Å²) in [6.45, 7) is 13.6. The van der Waals surface area contributed by atoms with Gasteiger partial charge < -0.3 is 10.0 Å². The minimum Gasteiger partial charge on any atom is -0.481 e. The third-order valence-corrected chi connectivity index (χ3v) is 4.52. The van der Waals surface area contributed by atoms with Crippen molar-refractivity contribution >= 4 is 5.97 Å². The van der Waals surface area contributed by atoms with Crippen LogP contribution < -0.4 is 0 Å². The number of hydrogen-bond donors (Lipinski definition) is 1. The summed E-state index contributed by atoms with van der Waals surface area (Å²) in [6, 6.07) is 0. The molecule has 1 N–H and O–H groups in total.